The van der Waals surface area contributed by atoms with E-state index in [0.717, 1.165) is 5.56 Å². The summed E-state index contributed by atoms with van der Waals surface area (Å²) in [6.07, 6.45) is -0.883. The highest BCUT2D eigenvalue weighted by Gasteiger charge is 2.18. The molecule has 0 spiro atoms. The molecule has 28 heavy (non-hydrogen) atoms. The Morgan fingerprint density at radius 2 is 1.61 bits per heavy atom. The fourth-order valence-electron chi connectivity index (χ4n) is 2.34. The average molecular weight is 382 g/mol. The fraction of sp³-hybridized carbons (Fsp3) is 0.238. The summed E-state index contributed by atoms with van der Waals surface area (Å²) >= 11 is 0. The average Bonchev–Trinajstić information content (AvgIpc) is 2.67. The Kier molecular flexibility index (Phi) is 7.45. The minimum Gasteiger partial charge on any atom is -0.451 e. The molecule has 0 aromatic heterocycles. The number of ketones is 1. The van der Waals surface area contributed by atoms with E-state index in [1.165, 1.54) is 13.8 Å². The van der Waals surface area contributed by atoms with Crippen molar-refractivity contribution in [1.82, 2.24) is 5.32 Å². The molecule has 0 bridgehead atoms. The summed E-state index contributed by atoms with van der Waals surface area (Å²) in [4.78, 5) is 47.0. The first kappa shape index (κ1) is 20.8. The van der Waals surface area contributed by atoms with E-state index >= 15 is 0 Å². The van der Waals surface area contributed by atoms with E-state index < -0.39 is 18.0 Å². The summed E-state index contributed by atoms with van der Waals surface area (Å²) in [5.74, 6) is -1.61. The molecule has 0 aliphatic heterocycles. The van der Waals surface area contributed by atoms with Crippen molar-refractivity contribution in [3.8, 4) is 0 Å². The van der Waals surface area contributed by atoms with Crippen LogP contribution in [-0.2, 0) is 25.5 Å². The Bertz CT molecular complexity index is 847. The molecule has 2 amide bonds. The number of Topliss-reactive ketones (excluding diaryl/α,β-unsaturated/α-hetero) is 1. The van der Waals surface area contributed by atoms with Crippen LogP contribution in [0.4, 0.5) is 5.69 Å². The van der Waals surface area contributed by atoms with Crippen LogP contribution in [0.5, 0.6) is 0 Å². The molecule has 146 valence electrons. The van der Waals surface area contributed by atoms with Crippen LogP contribution < -0.4 is 10.6 Å². The quantitative estimate of drug-likeness (QED) is 0.538. The van der Waals surface area contributed by atoms with Crippen LogP contribution >= 0.6 is 0 Å². The maximum atomic E-state index is 12.1. The van der Waals surface area contributed by atoms with Gasteiger partial charge in [0.2, 0.25) is 5.91 Å². The van der Waals surface area contributed by atoms with E-state index in [1.807, 2.05) is 30.3 Å². The van der Waals surface area contributed by atoms with Crippen LogP contribution in [-0.4, -0.2) is 36.2 Å². The molecule has 7 heteroatoms. The molecular weight excluding hydrogens is 360 g/mol. The van der Waals surface area contributed by atoms with Gasteiger partial charge in [0.25, 0.3) is 5.91 Å². The topological polar surface area (TPSA) is 102 Å². The lowest BCUT2D eigenvalue weighted by Crippen LogP contribution is -2.36. The highest BCUT2D eigenvalue weighted by atomic mass is 16.5. The van der Waals surface area contributed by atoms with Gasteiger partial charge in [-0.15, -0.1) is 0 Å². The van der Waals surface area contributed by atoms with Crippen LogP contribution in [0.25, 0.3) is 0 Å². The van der Waals surface area contributed by atoms with Crippen molar-refractivity contribution < 1.29 is 23.9 Å². The van der Waals surface area contributed by atoms with Gasteiger partial charge in [0.15, 0.2) is 11.9 Å². The number of ether oxygens (including phenoxy) is 1. The van der Waals surface area contributed by atoms with Gasteiger partial charge in [-0.25, -0.2) is 0 Å². The number of hydrogen-bond donors (Lipinski definition) is 2. The number of carbonyl (C=O) groups is 4. The van der Waals surface area contributed by atoms with E-state index in [0.29, 0.717) is 11.3 Å². The molecule has 0 aliphatic carbocycles. The normalized spacial score (nSPS) is 11.2. The third-order valence-corrected chi connectivity index (χ3v) is 3.87. The minimum absolute atomic E-state index is 0.0745. The van der Waals surface area contributed by atoms with Crippen molar-refractivity contribution in [3.05, 3.63) is 65.7 Å². The van der Waals surface area contributed by atoms with E-state index in [9.17, 15) is 19.2 Å². The molecule has 2 N–H and O–H groups in total. The second-order valence-electron chi connectivity index (χ2n) is 6.19. The first-order valence-electron chi connectivity index (χ1n) is 8.77. The van der Waals surface area contributed by atoms with Crippen LogP contribution in [0.1, 0.15) is 29.8 Å². The number of nitrogens with one attached hydrogen (secondary N) is 2. The molecule has 0 saturated heterocycles. The lowest BCUT2D eigenvalue weighted by Gasteiger charge is -2.14. The zero-order chi connectivity index (χ0) is 20.5. The van der Waals surface area contributed by atoms with E-state index in [4.69, 9.17) is 4.74 Å². The van der Waals surface area contributed by atoms with Crippen molar-refractivity contribution in [1.29, 1.82) is 0 Å². The van der Waals surface area contributed by atoms with Gasteiger partial charge >= 0.3 is 5.97 Å². The summed E-state index contributed by atoms with van der Waals surface area (Å²) in [6.45, 7) is 2.56. The monoisotopic (exact) mass is 382 g/mol. The molecule has 1 unspecified atom stereocenters. The van der Waals surface area contributed by atoms with E-state index in [-0.39, 0.29) is 24.7 Å². The molecule has 0 aliphatic rings. The lowest BCUT2D eigenvalue weighted by atomic mass is 10.1. The van der Waals surface area contributed by atoms with Crippen molar-refractivity contribution in [3.63, 3.8) is 0 Å². The van der Waals surface area contributed by atoms with E-state index in [2.05, 4.69) is 10.6 Å². The van der Waals surface area contributed by atoms with Crippen LogP contribution in [0.15, 0.2) is 54.6 Å². The fourth-order valence-corrected chi connectivity index (χ4v) is 2.34. The molecule has 2 aromatic rings. The molecule has 0 radical (unpaired) electrons. The van der Waals surface area contributed by atoms with Gasteiger partial charge in [-0.2, -0.15) is 0 Å². The summed E-state index contributed by atoms with van der Waals surface area (Å²) in [7, 11) is 0. The second kappa shape index (κ2) is 10.0. The van der Waals surface area contributed by atoms with Gasteiger partial charge in [0.05, 0.1) is 6.42 Å². The molecule has 0 heterocycles. The highest BCUT2D eigenvalue weighted by molar-refractivity contribution is 5.97. The minimum atomic E-state index is -1.04. The van der Waals surface area contributed by atoms with Crippen LogP contribution in [0, 0.1) is 0 Å². The number of amides is 2. The van der Waals surface area contributed by atoms with Crippen molar-refractivity contribution in [2.24, 2.45) is 0 Å². The Morgan fingerprint density at radius 3 is 2.21 bits per heavy atom. The van der Waals surface area contributed by atoms with Gasteiger partial charge in [-0.1, -0.05) is 30.3 Å². The molecule has 1 atom stereocenters. The van der Waals surface area contributed by atoms with E-state index in [1.54, 1.807) is 24.3 Å². The van der Waals surface area contributed by atoms with Gasteiger partial charge in [0.1, 0.15) is 6.54 Å². The maximum absolute atomic E-state index is 12.1. The predicted molar refractivity (Wildman–Crippen MR) is 104 cm³/mol. The molecule has 7 nitrogen and oxygen atoms in total. The SMILES string of the molecule is CC(=O)c1ccc(NC(=O)C(C)OC(=O)CNC(=O)Cc2ccccc2)cc1. The zero-order valence-corrected chi connectivity index (χ0v) is 15.7. The standard InChI is InChI=1S/C21H22N2O5/c1-14(24)17-8-10-18(11-9-17)23-21(27)15(2)28-20(26)13-22-19(25)12-16-6-4-3-5-7-16/h3-11,15H,12-13H2,1-2H3,(H,22,25)(H,23,27). The molecule has 2 rings (SSSR count). The Labute approximate surface area is 163 Å². The zero-order valence-electron chi connectivity index (χ0n) is 15.7. The van der Waals surface area contributed by atoms with Crippen molar-refractivity contribution in [2.75, 3.05) is 11.9 Å². The number of esters is 1. The second-order valence-corrected chi connectivity index (χ2v) is 6.19. The number of anilines is 1. The van der Waals surface area contributed by atoms with Crippen molar-refractivity contribution >= 4 is 29.3 Å². The number of benzene rings is 2. The van der Waals surface area contributed by atoms with Gasteiger partial charge in [-0.05, 0) is 43.7 Å². The van der Waals surface area contributed by atoms with Crippen LogP contribution in [0.3, 0.4) is 0 Å². The Balaban J connectivity index is 1.75. The van der Waals surface area contributed by atoms with Gasteiger partial charge in [-0.3, -0.25) is 19.2 Å². The summed E-state index contributed by atoms with van der Waals surface area (Å²) in [6, 6.07) is 15.5. The molecule has 0 saturated carbocycles. The highest BCUT2D eigenvalue weighted by Crippen LogP contribution is 2.11. The first-order valence-corrected chi connectivity index (χ1v) is 8.77. The smallest absolute Gasteiger partial charge is 0.326 e. The molecule has 2 aromatic carbocycles. The predicted octanol–water partition coefficient (Wildman–Crippen LogP) is 2.12. The summed E-state index contributed by atoms with van der Waals surface area (Å²) in [5.41, 5.74) is 1.84. The third-order valence-electron chi connectivity index (χ3n) is 3.87. The summed E-state index contributed by atoms with van der Waals surface area (Å²) in [5, 5.41) is 5.06. The number of carbonyl (C=O) groups excluding carboxylic acids is 4. The molecular formula is C21H22N2O5. The summed E-state index contributed by atoms with van der Waals surface area (Å²) < 4.78 is 5.03. The Hall–Kier alpha value is -3.48. The van der Waals surface area contributed by atoms with Crippen molar-refractivity contribution in [2.45, 2.75) is 26.4 Å². The molecule has 0 fully saturated rings. The Morgan fingerprint density at radius 1 is 0.964 bits per heavy atom. The number of hydrogen-bond acceptors (Lipinski definition) is 5. The van der Waals surface area contributed by atoms with Gasteiger partial charge in [0, 0.05) is 11.3 Å². The first-order chi connectivity index (χ1) is 13.3. The maximum Gasteiger partial charge on any atom is 0.326 e. The largest absolute Gasteiger partial charge is 0.451 e. The van der Waals surface area contributed by atoms with Gasteiger partial charge < -0.3 is 15.4 Å². The van der Waals surface area contributed by atoms with Crippen LogP contribution in [0.2, 0.25) is 0 Å². The third kappa shape index (κ3) is 6.68. The lowest BCUT2D eigenvalue weighted by molar-refractivity contribution is -0.152. The number of rotatable bonds is 8.